The topological polar surface area (TPSA) is 108 Å². The summed E-state index contributed by atoms with van der Waals surface area (Å²) in [5, 5.41) is 14.1. The first kappa shape index (κ1) is 22.4. The number of carboxylic acid groups (broad SMARTS) is 1. The molecule has 0 atom stereocenters. The number of carbonyl (C=O) groups excluding carboxylic acids is 2. The standard InChI is InChI=1S/C24H23N3O5/c28-22(29)17-32-21-13-11-18(12-14-21)15-16-27(23(30)25-19-7-3-1-4-8-19)24(31)26-20-9-5-2-6-10-20/h1-14H,15-17H2,(H,25,30)(H,26,31)(H,28,29). The number of amides is 4. The molecule has 0 aliphatic carbocycles. The second-order valence-corrected chi connectivity index (χ2v) is 6.82. The molecule has 3 aromatic rings. The summed E-state index contributed by atoms with van der Waals surface area (Å²) in [6.07, 6.45) is 0.406. The summed E-state index contributed by atoms with van der Waals surface area (Å²) >= 11 is 0. The molecule has 0 bridgehead atoms. The zero-order chi connectivity index (χ0) is 22.8. The fourth-order valence-electron chi connectivity index (χ4n) is 2.86. The Balaban J connectivity index is 1.67. The molecule has 0 spiro atoms. The van der Waals surface area contributed by atoms with E-state index in [-0.39, 0.29) is 6.54 Å². The van der Waals surface area contributed by atoms with Crippen molar-refractivity contribution in [2.75, 3.05) is 23.8 Å². The van der Waals surface area contributed by atoms with E-state index >= 15 is 0 Å². The number of aliphatic carboxylic acids is 1. The van der Waals surface area contributed by atoms with Crippen LogP contribution < -0.4 is 15.4 Å². The van der Waals surface area contributed by atoms with Crippen LogP contribution in [0.4, 0.5) is 21.0 Å². The Labute approximate surface area is 185 Å². The van der Waals surface area contributed by atoms with Gasteiger partial charge in [0.15, 0.2) is 6.61 Å². The van der Waals surface area contributed by atoms with Crippen molar-refractivity contribution in [1.29, 1.82) is 0 Å². The number of para-hydroxylation sites is 2. The molecular formula is C24H23N3O5. The van der Waals surface area contributed by atoms with E-state index in [4.69, 9.17) is 9.84 Å². The average molecular weight is 433 g/mol. The minimum atomic E-state index is -1.06. The maximum absolute atomic E-state index is 12.8. The van der Waals surface area contributed by atoms with E-state index in [9.17, 15) is 14.4 Å². The van der Waals surface area contributed by atoms with Crippen LogP contribution in [0.15, 0.2) is 84.9 Å². The van der Waals surface area contributed by atoms with Crippen LogP contribution in [0.5, 0.6) is 5.75 Å². The molecule has 3 rings (SSSR count). The lowest BCUT2D eigenvalue weighted by Gasteiger charge is -2.22. The quantitative estimate of drug-likeness (QED) is 0.486. The van der Waals surface area contributed by atoms with Crippen molar-refractivity contribution >= 4 is 29.4 Å². The number of anilines is 2. The smallest absolute Gasteiger partial charge is 0.341 e. The predicted molar refractivity (Wildman–Crippen MR) is 121 cm³/mol. The Bertz CT molecular complexity index is 987. The molecule has 8 heteroatoms. The highest BCUT2D eigenvalue weighted by Gasteiger charge is 2.21. The first-order valence-corrected chi connectivity index (χ1v) is 9.94. The Hall–Kier alpha value is -4.33. The Morgan fingerprint density at radius 1 is 0.750 bits per heavy atom. The Morgan fingerprint density at radius 2 is 1.25 bits per heavy atom. The van der Waals surface area contributed by atoms with Crippen LogP contribution >= 0.6 is 0 Å². The molecule has 0 aliphatic rings. The van der Waals surface area contributed by atoms with Gasteiger partial charge in [-0.25, -0.2) is 19.3 Å². The summed E-state index contributed by atoms with van der Waals surface area (Å²) in [5.74, 6) is -0.629. The summed E-state index contributed by atoms with van der Waals surface area (Å²) in [4.78, 5) is 37.4. The average Bonchev–Trinajstić information content (AvgIpc) is 2.80. The van der Waals surface area contributed by atoms with Crippen molar-refractivity contribution in [2.24, 2.45) is 0 Å². The maximum atomic E-state index is 12.8. The lowest BCUT2D eigenvalue weighted by molar-refractivity contribution is -0.139. The van der Waals surface area contributed by atoms with E-state index in [1.807, 2.05) is 12.1 Å². The van der Waals surface area contributed by atoms with Crippen molar-refractivity contribution < 1.29 is 24.2 Å². The lowest BCUT2D eigenvalue weighted by Crippen LogP contribution is -2.43. The van der Waals surface area contributed by atoms with E-state index in [1.54, 1.807) is 72.8 Å². The van der Waals surface area contributed by atoms with Gasteiger partial charge in [-0.2, -0.15) is 0 Å². The van der Waals surface area contributed by atoms with Crippen LogP contribution in [0.1, 0.15) is 5.56 Å². The minimum absolute atomic E-state index is 0.132. The van der Waals surface area contributed by atoms with Gasteiger partial charge in [-0.3, -0.25) is 0 Å². The molecule has 3 N–H and O–H groups in total. The van der Waals surface area contributed by atoms with E-state index in [0.717, 1.165) is 10.5 Å². The van der Waals surface area contributed by atoms with Crippen molar-refractivity contribution in [3.8, 4) is 5.75 Å². The Morgan fingerprint density at radius 3 is 1.72 bits per heavy atom. The zero-order valence-corrected chi connectivity index (χ0v) is 17.2. The van der Waals surface area contributed by atoms with Crippen molar-refractivity contribution in [1.82, 2.24) is 4.90 Å². The normalized spacial score (nSPS) is 10.1. The maximum Gasteiger partial charge on any atom is 0.341 e. The monoisotopic (exact) mass is 433 g/mol. The van der Waals surface area contributed by atoms with Gasteiger partial charge in [-0.05, 0) is 48.4 Å². The van der Waals surface area contributed by atoms with Crippen molar-refractivity contribution in [3.63, 3.8) is 0 Å². The summed E-state index contributed by atoms with van der Waals surface area (Å²) < 4.78 is 5.12. The number of carbonyl (C=O) groups is 3. The number of urea groups is 2. The van der Waals surface area contributed by atoms with Gasteiger partial charge in [0.2, 0.25) is 0 Å². The lowest BCUT2D eigenvalue weighted by atomic mass is 10.1. The molecule has 164 valence electrons. The summed E-state index contributed by atoms with van der Waals surface area (Å²) in [7, 11) is 0. The molecular weight excluding hydrogens is 410 g/mol. The number of nitrogens with one attached hydrogen (secondary N) is 2. The predicted octanol–water partition coefficient (Wildman–Crippen LogP) is 4.46. The first-order chi connectivity index (χ1) is 15.5. The first-order valence-electron chi connectivity index (χ1n) is 9.94. The van der Waals surface area contributed by atoms with Gasteiger partial charge in [-0.15, -0.1) is 0 Å². The highest BCUT2D eigenvalue weighted by Crippen LogP contribution is 2.15. The molecule has 0 fully saturated rings. The molecule has 0 aliphatic heterocycles. The van der Waals surface area contributed by atoms with Gasteiger partial charge in [0.05, 0.1) is 0 Å². The summed E-state index contributed by atoms with van der Waals surface area (Å²) in [6, 6.07) is 23.5. The van der Waals surface area contributed by atoms with Gasteiger partial charge >= 0.3 is 18.0 Å². The third-order valence-electron chi connectivity index (χ3n) is 4.45. The Kier molecular flexibility index (Phi) is 7.80. The fourth-order valence-corrected chi connectivity index (χ4v) is 2.86. The van der Waals surface area contributed by atoms with Gasteiger partial charge < -0.3 is 20.5 Å². The number of ether oxygens (including phenoxy) is 1. The number of nitrogens with zero attached hydrogens (tertiary/aromatic N) is 1. The highest BCUT2D eigenvalue weighted by atomic mass is 16.5. The number of hydrogen-bond donors (Lipinski definition) is 3. The van der Waals surface area contributed by atoms with Gasteiger partial charge in [0.25, 0.3) is 0 Å². The van der Waals surface area contributed by atoms with Crippen LogP contribution in [0.25, 0.3) is 0 Å². The van der Waals surface area contributed by atoms with Crippen LogP contribution in [0.2, 0.25) is 0 Å². The SMILES string of the molecule is O=C(O)COc1ccc(CCN(C(=O)Nc2ccccc2)C(=O)Nc2ccccc2)cc1. The number of rotatable bonds is 8. The molecule has 0 saturated heterocycles. The number of hydrogen-bond acceptors (Lipinski definition) is 4. The second-order valence-electron chi connectivity index (χ2n) is 6.82. The van der Waals surface area contributed by atoms with E-state index < -0.39 is 24.6 Å². The van der Waals surface area contributed by atoms with Crippen LogP contribution in [-0.2, 0) is 11.2 Å². The highest BCUT2D eigenvalue weighted by molar-refractivity contribution is 6.05. The van der Waals surface area contributed by atoms with Crippen LogP contribution in [0, 0.1) is 0 Å². The fraction of sp³-hybridized carbons (Fsp3) is 0.125. The van der Waals surface area contributed by atoms with E-state index in [0.29, 0.717) is 23.5 Å². The molecule has 0 aromatic heterocycles. The second kappa shape index (κ2) is 11.2. The summed E-state index contributed by atoms with van der Waals surface area (Å²) in [6.45, 7) is -0.293. The minimum Gasteiger partial charge on any atom is -0.482 e. The van der Waals surface area contributed by atoms with Crippen molar-refractivity contribution in [3.05, 3.63) is 90.5 Å². The number of benzene rings is 3. The molecule has 0 unspecified atom stereocenters. The molecule has 0 radical (unpaired) electrons. The molecule has 0 saturated carbocycles. The molecule has 4 amide bonds. The third kappa shape index (κ3) is 6.88. The van der Waals surface area contributed by atoms with Gasteiger partial charge in [0.1, 0.15) is 5.75 Å². The van der Waals surface area contributed by atoms with Crippen molar-refractivity contribution in [2.45, 2.75) is 6.42 Å². The van der Waals surface area contributed by atoms with Gasteiger partial charge in [-0.1, -0.05) is 48.5 Å². The molecule has 8 nitrogen and oxygen atoms in total. The molecule has 3 aromatic carbocycles. The molecule has 32 heavy (non-hydrogen) atoms. The zero-order valence-electron chi connectivity index (χ0n) is 17.2. The molecule has 0 heterocycles. The number of imide groups is 1. The van der Waals surface area contributed by atoms with Crippen LogP contribution in [0.3, 0.4) is 0 Å². The van der Waals surface area contributed by atoms with Crippen LogP contribution in [-0.4, -0.2) is 41.2 Å². The van der Waals surface area contributed by atoms with Gasteiger partial charge in [0, 0.05) is 17.9 Å². The number of carboxylic acids is 1. The largest absolute Gasteiger partial charge is 0.482 e. The summed E-state index contributed by atoms with van der Waals surface area (Å²) in [5.41, 5.74) is 2.02. The van der Waals surface area contributed by atoms with E-state index in [2.05, 4.69) is 10.6 Å². The van der Waals surface area contributed by atoms with E-state index in [1.165, 1.54) is 0 Å². The third-order valence-corrected chi connectivity index (χ3v) is 4.45.